The lowest BCUT2D eigenvalue weighted by Crippen LogP contribution is -2.56. The predicted molar refractivity (Wildman–Crippen MR) is 151 cm³/mol. The van der Waals surface area contributed by atoms with Gasteiger partial charge < -0.3 is 14.8 Å². The van der Waals surface area contributed by atoms with Crippen molar-refractivity contribution < 1.29 is 32.6 Å². The molecule has 9 nitrogen and oxygen atoms in total. The molecule has 4 rings (SSSR count). The number of carbonyl (C=O) groups is 3. The third-order valence-electron chi connectivity index (χ3n) is 7.92. The third-order valence-corrected chi connectivity index (χ3v) is 7.92. The van der Waals surface area contributed by atoms with Gasteiger partial charge in [0.25, 0.3) is 0 Å². The molecule has 42 heavy (non-hydrogen) atoms. The summed E-state index contributed by atoms with van der Waals surface area (Å²) in [4.78, 5) is 38.6. The smallest absolute Gasteiger partial charge is 0.341 e. The minimum atomic E-state index is -1.17. The van der Waals surface area contributed by atoms with Crippen molar-refractivity contribution in [1.29, 1.82) is 5.26 Å². The molecule has 1 atom stereocenters. The molecule has 1 aliphatic heterocycles. The predicted octanol–water partition coefficient (Wildman–Crippen LogP) is 4.94. The molecule has 2 aliphatic rings. The number of esters is 1. The van der Waals surface area contributed by atoms with Crippen LogP contribution in [0.5, 0.6) is 0 Å². The van der Waals surface area contributed by atoms with Gasteiger partial charge >= 0.3 is 12.0 Å². The van der Waals surface area contributed by atoms with Crippen LogP contribution in [0.15, 0.2) is 59.8 Å². The molecule has 0 bridgehead atoms. The van der Waals surface area contributed by atoms with Gasteiger partial charge in [0.15, 0.2) is 11.6 Å². The van der Waals surface area contributed by atoms with Crippen molar-refractivity contribution in [1.82, 2.24) is 15.3 Å². The van der Waals surface area contributed by atoms with E-state index in [1.165, 1.54) is 13.2 Å². The van der Waals surface area contributed by atoms with Crippen LogP contribution in [0.4, 0.5) is 13.6 Å². The van der Waals surface area contributed by atoms with Crippen LogP contribution in [0.2, 0.25) is 0 Å². The molecule has 1 saturated carbocycles. The minimum absolute atomic E-state index is 0. The Balaban J connectivity index is 0.00000484. The van der Waals surface area contributed by atoms with Crippen LogP contribution in [0.1, 0.15) is 49.3 Å². The van der Waals surface area contributed by atoms with Crippen LogP contribution >= 0.6 is 12.4 Å². The molecule has 3 amide bonds. The molecule has 1 unspecified atom stereocenters. The number of hydrazine groups is 1. The first-order chi connectivity index (χ1) is 19.8. The molecule has 2 aromatic carbocycles. The van der Waals surface area contributed by atoms with Crippen LogP contribution in [-0.2, 0) is 24.5 Å². The zero-order valence-electron chi connectivity index (χ0n) is 23.3. The average Bonchev–Trinajstić information content (AvgIpc) is 3.00. The number of nitriles is 1. The number of urea groups is 1. The quantitative estimate of drug-likeness (QED) is 0.304. The number of benzene rings is 2. The first-order valence-corrected chi connectivity index (χ1v) is 13.3. The Morgan fingerprint density at radius 2 is 1.86 bits per heavy atom. The van der Waals surface area contributed by atoms with Gasteiger partial charge in [-0.3, -0.25) is 4.79 Å². The van der Waals surface area contributed by atoms with Gasteiger partial charge in [-0.15, -0.1) is 12.4 Å². The van der Waals surface area contributed by atoms with Crippen LogP contribution in [0, 0.1) is 28.9 Å². The highest BCUT2D eigenvalue weighted by atomic mass is 35.5. The SMILES string of the molecule is COCC1=C(C(=O)OC)C(c2ccc(F)c(F)c2)NC(=O)N1N(C=O)CCC1CCC(C#N)(c2ccccc2)CC1.Cl. The normalized spacial score (nSPS) is 22.0. The molecular weight excluding hydrogens is 570 g/mol. The summed E-state index contributed by atoms with van der Waals surface area (Å²) in [5.41, 5.74) is 0.534. The fraction of sp³-hybridized carbons (Fsp3) is 0.400. The summed E-state index contributed by atoms with van der Waals surface area (Å²) in [5.74, 6) is -2.85. The van der Waals surface area contributed by atoms with Gasteiger partial charge in [0.1, 0.15) is 0 Å². The molecule has 1 aliphatic carbocycles. The fourth-order valence-electron chi connectivity index (χ4n) is 5.69. The number of hydrogen-bond donors (Lipinski definition) is 1. The van der Waals surface area contributed by atoms with E-state index in [1.807, 2.05) is 30.3 Å². The first kappa shape index (κ1) is 32.5. The van der Waals surface area contributed by atoms with E-state index in [-0.39, 0.29) is 48.3 Å². The van der Waals surface area contributed by atoms with E-state index in [2.05, 4.69) is 11.4 Å². The van der Waals surface area contributed by atoms with Gasteiger partial charge in [-0.1, -0.05) is 36.4 Å². The number of amides is 3. The van der Waals surface area contributed by atoms with Crippen molar-refractivity contribution in [3.05, 3.63) is 82.6 Å². The van der Waals surface area contributed by atoms with Gasteiger partial charge in [0.2, 0.25) is 6.41 Å². The van der Waals surface area contributed by atoms with Crippen molar-refractivity contribution in [2.75, 3.05) is 27.4 Å². The zero-order valence-corrected chi connectivity index (χ0v) is 24.2. The fourth-order valence-corrected chi connectivity index (χ4v) is 5.69. The Morgan fingerprint density at radius 1 is 1.17 bits per heavy atom. The van der Waals surface area contributed by atoms with E-state index in [4.69, 9.17) is 9.47 Å². The molecule has 0 radical (unpaired) electrons. The number of hydrogen-bond acceptors (Lipinski definition) is 6. The van der Waals surface area contributed by atoms with Crippen molar-refractivity contribution in [3.63, 3.8) is 0 Å². The van der Waals surface area contributed by atoms with E-state index < -0.39 is 35.1 Å². The van der Waals surface area contributed by atoms with Crippen molar-refractivity contribution in [2.45, 2.75) is 43.6 Å². The second kappa shape index (κ2) is 14.2. The lowest BCUT2D eigenvalue weighted by atomic mass is 9.67. The second-order valence-electron chi connectivity index (χ2n) is 10.2. The summed E-state index contributed by atoms with van der Waals surface area (Å²) in [5, 5.41) is 14.8. The summed E-state index contributed by atoms with van der Waals surface area (Å²) in [6.07, 6.45) is 3.95. The Bertz CT molecular complexity index is 1360. The average molecular weight is 603 g/mol. The summed E-state index contributed by atoms with van der Waals surface area (Å²) in [6, 6.07) is 13.4. The maximum atomic E-state index is 14.1. The van der Waals surface area contributed by atoms with E-state index >= 15 is 0 Å². The maximum absolute atomic E-state index is 14.1. The third kappa shape index (κ3) is 6.55. The second-order valence-corrected chi connectivity index (χ2v) is 10.2. The number of carbonyl (C=O) groups excluding carboxylic acids is 3. The van der Waals surface area contributed by atoms with Crippen molar-refractivity contribution in [2.24, 2.45) is 5.92 Å². The maximum Gasteiger partial charge on any atom is 0.341 e. The summed E-state index contributed by atoms with van der Waals surface area (Å²) in [6.45, 7) is -0.0858. The van der Waals surface area contributed by atoms with Gasteiger partial charge in [-0.25, -0.2) is 28.4 Å². The number of nitrogens with one attached hydrogen (secondary N) is 1. The zero-order chi connectivity index (χ0) is 29.6. The van der Waals surface area contributed by atoms with Gasteiger partial charge in [-0.2, -0.15) is 5.26 Å². The highest BCUT2D eigenvalue weighted by Crippen LogP contribution is 2.42. The van der Waals surface area contributed by atoms with E-state index in [9.17, 15) is 28.4 Å². The number of nitrogens with zero attached hydrogens (tertiary/aromatic N) is 3. The molecule has 224 valence electrons. The molecule has 1 N–H and O–H groups in total. The molecule has 1 heterocycles. The van der Waals surface area contributed by atoms with E-state index in [1.54, 1.807) is 0 Å². The lowest BCUT2D eigenvalue weighted by molar-refractivity contribution is -0.138. The van der Waals surface area contributed by atoms with Crippen LogP contribution in [0.3, 0.4) is 0 Å². The monoisotopic (exact) mass is 602 g/mol. The van der Waals surface area contributed by atoms with E-state index in [0.717, 1.165) is 47.7 Å². The minimum Gasteiger partial charge on any atom is -0.466 e. The molecule has 2 aromatic rings. The van der Waals surface area contributed by atoms with Crippen LogP contribution in [0.25, 0.3) is 0 Å². The largest absolute Gasteiger partial charge is 0.466 e. The standard InChI is InChI=1S/C30H32F2N4O5.ClH/c1-40-17-25-26(28(38)41-2)27(21-8-9-23(31)24(32)16-21)34-29(39)36(25)35(19-37)15-12-20-10-13-30(18-33,14-11-20)22-6-4-3-5-7-22;/h3-9,16,19-20,27H,10-15,17H2,1-2H3,(H,34,39);1H. The number of rotatable bonds is 10. The first-order valence-electron chi connectivity index (χ1n) is 13.3. The Morgan fingerprint density at radius 3 is 2.43 bits per heavy atom. The molecule has 0 aromatic heterocycles. The lowest BCUT2D eigenvalue weighted by Gasteiger charge is -2.41. The van der Waals surface area contributed by atoms with Gasteiger partial charge in [0, 0.05) is 13.7 Å². The van der Waals surface area contributed by atoms with Crippen LogP contribution in [-0.4, -0.2) is 55.8 Å². The number of methoxy groups -OCH3 is 2. The van der Waals surface area contributed by atoms with Gasteiger partial charge in [-0.05, 0) is 61.3 Å². The number of halogens is 3. The Labute approximate surface area is 249 Å². The topological polar surface area (TPSA) is 112 Å². The summed E-state index contributed by atoms with van der Waals surface area (Å²) < 4.78 is 37.9. The highest BCUT2D eigenvalue weighted by Gasteiger charge is 2.41. The Hall–Kier alpha value is -4.01. The number of ether oxygens (including phenoxy) is 2. The van der Waals surface area contributed by atoms with Gasteiger partial charge in [0.05, 0.1) is 42.5 Å². The van der Waals surface area contributed by atoms with Crippen molar-refractivity contribution in [3.8, 4) is 6.07 Å². The molecule has 12 heteroatoms. The van der Waals surface area contributed by atoms with E-state index in [0.29, 0.717) is 25.7 Å². The summed E-state index contributed by atoms with van der Waals surface area (Å²) in [7, 11) is 2.51. The van der Waals surface area contributed by atoms with Crippen molar-refractivity contribution >= 4 is 30.8 Å². The molecule has 0 spiro atoms. The summed E-state index contributed by atoms with van der Waals surface area (Å²) >= 11 is 0. The molecule has 1 fully saturated rings. The highest BCUT2D eigenvalue weighted by molar-refractivity contribution is 5.95. The van der Waals surface area contributed by atoms with Crippen LogP contribution < -0.4 is 5.32 Å². The molecule has 0 saturated heterocycles. The molecular formula is C30H33ClF2N4O5. The Kier molecular flexibility index (Phi) is 11.0.